The number of nitrogens with one attached hydrogen (secondary N) is 1. The highest BCUT2D eigenvalue weighted by Crippen LogP contribution is 2.20. The fourth-order valence-electron chi connectivity index (χ4n) is 3.02. The molecule has 0 bridgehead atoms. The number of rotatable bonds is 5. The third-order valence-electron chi connectivity index (χ3n) is 4.45. The van der Waals surface area contributed by atoms with Crippen LogP contribution in [-0.2, 0) is 20.0 Å². The molecule has 136 valence electrons. The number of carbonyl (C=O) groups excluding carboxylic acids is 1. The molecule has 3 aromatic heterocycles. The fraction of sp³-hybridized carbons (Fsp3) is 0.150. The van der Waals surface area contributed by atoms with Crippen molar-refractivity contribution < 1.29 is 9.21 Å². The number of aromatic nitrogens is 3. The van der Waals surface area contributed by atoms with E-state index in [9.17, 15) is 9.59 Å². The van der Waals surface area contributed by atoms with Gasteiger partial charge >= 0.3 is 0 Å². The Morgan fingerprint density at radius 1 is 1.19 bits per heavy atom. The van der Waals surface area contributed by atoms with Crippen LogP contribution in [0.15, 0.2) is 70.2 Å². The minimum absolute atomic E-state index is 0.0285. The lowest BCUT2D eigenvalue weighted by Gasteiger charge is -2.05. The van der Waals surface area contributed by atoms with Gasteiger partial charge in [-0.3, -0.25) is 9.59 Å². The van der Waals surface area contributed by atoms with Crippen LogP contribution in [-0.4, -0.2) is 20.0 Å². The monoisotopic (exact) mass is 362 g/mol. The van der Waals surface area contributed by atoms with Gasteiger partial charge in [0.25, 0.3) is 11.5 Å². The first-order chi connectivity index (χ1) is 13.1. The second-order valence-electron chi connectivity index (χ2n) is 6.20. The Hall–Kier alpha value is -3.61. The summed E-state index contributed by atoms with van der Waals surface area (Å²) in [5.41, 5.74) is 2.36. The summed E-state index contributed by atoms with van der Waals surface area (Å²) < 4.78 is 8.76. The summed E-state index contributed by atoms with van der Waals surface area (Å²) in [4.78, 5) is 28.6. The largest absolute Gasteiger partial charge is 0.459 e. The molecule has 0 aliphatic carbocycles. The van der Waals surface area contributed by atoms with E-state index in [0.717, 1.165) is 16.9 Å². The second-order valence-corrected chi connectivity index (χ2v) is 6.20. The summed E-state index contributed by atoms with van der Waals surface area (Å²) in [5.74, 6) is 0.819. The van der Waals surface area contributed by atoms with Gasteiger partial charge < -0.3 is 18.9 Å². The van der Waals surface area contributed by atoms with Gasteiger partial charge in [-0.15, -0.1) is 0 Å². The van der Waals surface area contributed by atoms with Crippen LogP contribution in [0, 0.1) is 0 Å². The van der Waals surface area contributed by atoms with Gasteiger partial charge in [-0.1, -0.05) is 6.07 Å². The molecule has 0 aliphatic rings. The average molecular weight is 362 g/mol. The molecule has 0 saturated heterocycles. The number of benzene rings is 1. The highest BCUT2D eigenvalue weighted by molar-refractivity contribution is 6.03. The van der Waals surface area contributed by atoms with Crippen LogP contribution < -0.4 is 10.9 Å². The summed E-state index contributed by atoms with van der Waals surface area (Å²) in [6.07, 6.45) is 3.86. The molecule has 0 unspecified atom stereocenters. The molecule has 7 nitrogen and oxygen atoms in total. The molecule has 0 fully saturated rings. The van der Waals surface area contributed by atoms with Gasteiger partial charge in [0.05, 0.1) is 17.3 Å². The number of fused-ring (bicyclic) bond motifs is 1. The van der Waals surface area contributed by atoms with Crippen LogP contribution >= 0.6 is 0 Å². The highest BCUT2D eigenvalue weighted by Gasteiger charge is 2.12. The lowest BCUT2D eigenvalue weighted by molar-refractivity contribution is 0.0996. The Morgan fingerprint density at radius 3 is 2.85 bits per heavy atom. The van der Waals surface area contributed by atoms with Crippen molar-refractivity contribution in [3.8, 4) is 0 Å². The van der Waals surface area contributed by atoms with Crippen LogP contribution in [0.2, 0.25) is 0 Å². The molecule has 0 atom stereocenters. The quantitative estimate of drug-likeness (QED) is 0.592. The van der Waals surface area contributed by atoms with E-state index in [1.54, 1.807) is 35.0 Å². The number of pyridine rings is 1. The van der Waals surface area contributed by atoms with Crippen LogP contribution in [0.4, 0.5) is 5.69 Å². The number of furan rings is 1. The first kappa shape index (κ1) is 16.8. The van der Waals surface area contributed by atoms with E-state index in [-0.39, 0.29) is 17.2 Å². The standard InChI is InChI=1S/C20H18N4O3/c1-23-16-8-7-14(21-20(26)17-5-4-12-27-17)13-15(16)22-18(23)9-11-24-10-3-2-6-19(24)25/h2-8,10,12-13H,9,11H2,1H3,(H,21,26). The van der Waals surface area contributed by atoms with Crippen molar-refractivity contribution in [2.45, 2.75) is 13.0 Å². The molecule has 3 heterocycles. The Balaban J connectivity index is 1.55. The third kappa shape index (κ3) is 3.39. The number of hydrogen-bond donors (Lipinski definition) is 1. The van der Waals surface area contributed by atoms with E-state index in [0.29, 0.717) is 18.7 Å². The molecule has 1 aromatic carbocycles. The molecule has 7 heteroatoms. The normalized spacial score (nSPS) is 11.0. The molecule has 1 amide bonds. The van der Waals surface area contributed by atoms with Crippen molar-refractivity contribution in [3.05, 3.63) is 82.9 Å². The molecular weight excluding hydrogens is 344 g/mol. The topological polar surface area (TPSA) is 82.1 Å². The van der Waals surface area contributed by atoms with E-state index in [1.165, 1.54) is 6.26 Å². The summed E-state index contributed by atoms with van der Waals surface area (Å²) in [6, 6.07) is 14.0. The van der Waals surface area contributed by atoms with Crippen molar-refractivity contribution in [3.63, 3.8) is 0 Å². The Bertz CT molecular complexity index is 1160. The lowest BCUT2D eigenvalue weighted by Crippen LogP contribution is -2.19. The fourth-order valence-corrected chi connectivity index (χ4v) is 3.02. The maximum absolute atomic E-state index is 12.1. The van der Waals surface area contributed by atoms with Gasteiger partial charge in [-0.05, 0) is 36.4 Å². The zero-order valence-electron chi connectivity index (χ0n) is 14.8. The molecule has 0 radical (unpaired) electrons. The van der Waals surface area contributed by atoms with Crippen molar-refractivity contribution >= 4 is 22.6 Å². The van der Waals surface area contributed by atoms with E-state index in [2.05, 4.69) is 10.3 Å². The Morgan fingerprint density at radius 2 is 2.07 bits per heavy atom. The van der Waals surface area contributed by atoms with Crippen molar-refractivity contribution in [2.24, 2.45) is 7.05 Å². The first-order valence-corrected chi connectivity index (χ1v) is 8.57. The number of amides is 1. The molecule has 4 aromatic rings. The van der Waals surface area contributed by atoms with E-state index >= 15 is 0 Å². The van der Waals surface area contributed by atoms with E-state index < -0.39 is 0 Å². The van der Waals surface area contributed by atoms with Crippen LogP contribution in [0.1, 0.15) is 16.4 Å². The molecule has 1 N–H and O–H groups in total. The summed E-state index contributed by atoms with van der Waals surface area (Å²) in [5, 5.41) is 2.80. The number of anilines is 1. The molecule has 0 aliphatic heterocycles. The summed E-state index contributed by atoms with van der Waals surface area (Å²) in [6.45, 7) is 0.554. The maximum atomic E-state index is 12.1. The third-order valence-corrected chi connectivity index (χ3v) is 4.45. The number of carbonyl (C=O) groups is 1. The lowest BCUT2D eigenvalue weighted by atomic mass is 10.2. The summed E-state index contributed by atoms with van der Waals surface area (Å²) >= 11 is 0. The van der Waals surface area contributed by atoms with Crippen LogP contribution in [0.3, 0.4) is 0 Å². The molecular formula is C20H18N4O3. The number of hydrogen-bond acceptors (Lipinski definition) is 4. The second kappa shape index (κ2) is 6.95. The van der Waals surface area contributed by atoms with E-state index in [4.69, 9.17) is 4.42 Å². The van der Waals surface area contributed by atoms with Crippen molar-refractivity contribution in [2.75, 3.05) is 5.32 Å². The molecule has 4 rings (SSSR count). The minimum atomic E-state index is -0.307. The summed E-state index contributed by atoms with van der Waals surface area (Å²) in [7, 11) is 1.94. The van der Waals surface area contributed by atoms with Gasteiger partial charge in [0.2, 0.25) is 0 Å². The van der Waals surface area contributed by atoms with Gasteiger partial charge in [0.1, 0.15) is 5.82 Å². The van der Waals surface area contributed by atoms with Gasteiger partial charge in [-0.25, -0.2) is 4.98 Å². The number of imidazole rings is 1. The van der Waals surface area contributed by atoms with Gasteiger partial charge in [0.15, 0.2) is 5.76 Å². The minimum Gasteiger partial charge on any atom is -0.459 e. The number of aryl methyl sites for hydroxylation is 3. The number of nitrogens with zero attached hydrogens (tertiary/aromatic N) is 3. The molecule has 0 spiro atoms. The molecule has 0 saturated carbocycles. The SMILES string of the molecule is Cn1c(CCn2ccccc2=O)nc2cc(NC(=O)c3ccco3)ccc21. The highest BCUT2D eigenvalue weighted by atomic mass is 16.3. The van der Waals surface area contributed by atoms with E-state index in [1.807, 2.05) is 35.9 Å². The maximum Gasteiger partial charge on any atom is 0.291 e. The molecule has 27 heavy (non-hydrogen) atoms. The zero-order chi connectivity index (χ0) is 18.8. The van der Waals surface area contributed by atoms with Gasteiger partial charge in [-0.2, -0.15) is 0 Å². The smallest absolute Gasteiger partial charge is 0.291 e. The predicted octanol–water partition coefficient (Wildman–Crippen LogP) is 2.82. The average Bonchev–Trinajstić information content (AvgIpc) is 3.30. The zero-order valence-corrected chi connectivity index (χ0v) is 14.8. The Labute approximate surface area is 154 Å². The Kier molecular flexibility index (Phi) is 4.33. The predicted molar refractivity (Wildman–Crippen MR) is 102 cm³/mol. The van der Waals surface area contributed by atoms with Crippen LogP contribution in [0.25, 0.3) is 11.0 Å². The van der Waals surface area contributed by atoms with Gasteiger partial charge in [0, 0.05) is 38.0 Å². The van der Waals surface area contributed by atoms with Crippen LogP contribution in [0.5, 0.6) is 0 Å². The van der Waals surface area contributed by atoms with Crippen molar-refractivity contribution in [1.82, 2.24) is 14.1 Å². The van der Waals surface area contributed by atoms with Crippen molar-refractivity contribution in [1.29, 1.82) is 0 Å². The first-order valence-electron chi connectivity index (χ1n) is 8.57.